The van der Waals surface area contributed by atoms with Crippen molar-refractivity contribution < 1.29 is 9.53 Å². The molecule has 0 unspecified atom stereocenters. The minimum Gasteiger partial charge on any atom is -0.380 e. The zero-order valence-electron chi connectivity index (χ0n) is 15.0. The van der Waals surface area contributed by atoms with Gasteiger partial charge >= 0.3 is 5.69 Å². The number of nitrogens with zero attached hydrogens (tertiary/aromatic N) is 3. The molecule has 7 heteroatoms. The van der Waals surface area contributed by atoms with Crippen LogP contribution in [0.2, 0.25) is 0 Å². The fraction of sp³-hybridized carbons (Fsp3) is 0.556. The molecule has 0 atom stereocenters. The van der Waals surface area contributed by atoms with Gasteiger partial charge < -0.3 is 19.5 Å². The van der Waals surface area contributed by atoms with Crippen LogP contribution in [0.1, 0.15) is 24.2 Å². The molecular weight excluding hydrogens is 320 g/mol. The smallest absolute Gasteiger partial charge is 0.326 e. The third-order valence-electron chi connectivity index (χ3n) is 4.79. The molecule has 0 spiro atoms. The Morgan fingerprint density at radius 3 is 2.64 bits per heavy atom. The summed E-state index contributed by atoms with van der Waals surface area (Å²) in [7, 11) is 0. The minimum atomic E-state index is -0.170. The van der Waals surface area contributed by atoms with Crippen molar-refractivity contribution in [3.8, 4) is 0 Å². The van der Waals surface area contributed by atoms with Crippen molar-refractivity contribution in [1.29, 1.82) is 0 Å². The van der Waals surface area contributed by atoms with E-state index in [-0.39, 0.29) is 11.6 Å². The number of hydrogen-bond acceptors (Lipinski definition) is 4. The van der Waals surface area contributed by atoms with Gasteiger partial charge in [0, 0.05) is 38.3 Å². The van der Waals surface area contributed by atoms with Crippen LogP contribution in [-0.2, 0) is 11.3 Å². The van der Waals surface area contributed by atoms with Crippen molar-refractivity contribution in [2.24, 2.45) is 0 Å². The van der Waals surface area contributed by atoms with Crippen molar-refractivity contribution in [3.63, 3.8) is 0 Å². The molecular formula is C18H26N4O3. The first-order valence-electron chi connectivity index (χ1n) is 8.96. The Hall–Kier alpha value is -2.12. The van der Waals surface area contributed by atoms with E-state index >= 15 is 0 Å². The fourth-order valence-electron chi connectivity index (χ4n) is 3.27. The van der Waals surface area contributed by atoms with Gasteiger partial charge in [0.25, 0.3) is 5.91 Å². The number of imidazole rings is 1. The molecule has 1 saturated heterocycles. The molecule has 0 aliphatic carbocycles. The largest absolute Gasteiger partial charge is 0.380 e. The molecule has 1 aromatic heterocycles. The SMILES string of the molecule is CCOCCn1c(=O)[nH]c2cc(C(=O)N3CCN(CC)CC3)ccc21. The van der Waals surface area contributed by atoms with Crippen LogP contribution < -0.4 is 5.69 Å². The van der Waals surface area contributed by atoms with Gasteiger partial charge in [0.15, 0.2) is 0 Å². The van der Waals surface area contributed by atoms with Gasteiger partial charge in [0.2, 0.25) is 0 Å². The number of fused-ring (bicyclic) bond motifs is 1. The van der Waals surface area contributed by atoms with Gasteiger partial charge in [-0.2, -0.15) is 0 Å². The third kappa shape index (κ3) is 3.77. The molecule has 0 saturated carbocycles. The molecule has 7 nitrogen and oxygen atoms in total. The maximum absolute atomic E-state index is 12.7. The van der Waals surface area contributed by atoms with Gasteiger partial charge in [0.1, 0.15) is 0 Å². The number of carbonyl (C=O) groups is 1. The number of rotatable bonds is 6. The lowest BCUT2D eigenvalue weighted by atomic mass is 10.1. The number of benzene rings is 1. The number of amides is 1. The van der Waals surface area contributed by atoms with E-state index in [0.717, 1.165) is 38.2 Å². The molecule has 25 heavy (non-hydrogen) atoms. The number of aromatic nitrogens is 2. The number of aromatic amines is 1. The van der Waals surface area contributed by atoms with Crippen LogP contribution in [-0.4, -0.2) is 71.2 Å². The van der Waals surface area contributed by atoms with E-state index in [1.165, 1.54) is 0 Å². The van der Waals surface area contributed by atoms with Gasteiger partial charge in [-0.3, -0.25) is 9.36 Å². The Morgan fingerprint density at radius 2 is 1.96 bits per heavy atom. The van der Waals surface area contributed by atoms with Crippen LogP contribution >= 0.6 is 0 Å². The Kier molecular flexibility index (Phi) is 5.55. The molecule has 1 aliphatic rings. The van der Waals surface area contributed by atoms with E-state index in [1.807, 2.05) is 17.9 Å². The molecule has 1 N–H and O–H groups in total. The average Bonchev–Trinajstić information content (AvgIpc) is 2.96. The van der Waals surface area contributed by atoms with E-state index < -0.39 is 0 Å². The number of nitrogens with one attached hydrogen (secondary N) is 1. The van der Waals surface area contributed by atoms with Crippen LogP contribution in [0, 0.1) is 0 Å². The number of piperazine rings is 1. The van der Waals surface area contributed by atoms with Crippen LogP contribution in [0.3, 0.4) is 0 Å². The van der Waals surface area contributed by atoms with E-state index in [1.54, 1.807) is 16.7 Å². The second kappa shape index (κ2) is 7.84. The summed E-state index contributed by atoms with van der Waals surface area (Å²) in [6, 6.07) is 5.43. The molecule has 0 radical (unpaired) electrons. The van der Waals surface area contributed by atoms with Gasteiger partial charge in [-0.1, -0.05) is 6.92 Å². The number of carbonyl (C=O) groups excluding carboxylic acids is 1. The highest BCUT2D eigenvalue weighted by Crippen LogP contribution is 2.15. The first-order valence-corrected chi connectivity index (χ1v) is 8.96. The first-order chi connectivity index (χ1) is 12.1. The van der Waals surface area contributed by atoms with E-state index in [2.05, 4.69) is 16.8 Å². The lowest BCUT2D eigenvalue weighted by Gasteiger charge is -2.34. The molecule has 0 bridgehead atoms. The van der Waals surface area contributed by atoms with E-state index in [9.17, 15) is 9.59 Å². The molecule has 2 heterocycles. The summed E-state index contributed by atoms with van der Waals surface area (Å²) in [5, 5.41) is 0. The summed E-state index contributed by atoms with van der Waals surface area (Å²) in [4.78, 5) is 31.9. The van der Waals surface area contributed by atoms with Crippen LogP contribution in [0.5, 0.6) is 0 Å². The van der Waals surface area contributed by atoms with Gasteiger partial charge in [0.05, 0.1) is 24.2 Å². The van der Waals surface area contributed by atoms with Crippen LogP contribution in [0.25, 0.3) is 11.0 Å². The molecule has 1 aliphatic heterocycles. The number of likely N-dealkylation sites (N-methyl/N-ethyl adjacent to an activating group) is 1. The quantitative estimate of drug-likeness (QED) is 0.797. The Balaban J connectivity index is 1.77. The molecule has 3 rings (SSSR count). The van der Waals surface area contributed by atoms with Crippen molar-refractivity contribution in [2.75, 3.05) is 45.9 Å². The van der Waals surface area contributed by atoms with Gasteiger partial charge in [-0.25, -0.2) is 4.79 Å². The summed E-state index contributed by atoms with van der Waals surface area (Å²) in [5.74, 6) is 0.0283. The Morgan fingerprint density at radius 1 is 1.20 bits per heavy atom. The Bertz CT molecular complexity index is 787. The fourth-order valence-corrected chi connectivity index (χ4v) is 3.27. The lowest BCUT2D eigenvalue weighted by Crippen LogP contribution is -2.48. The molecule has 2 aromatic rings. The van der Waals surface area contributed by atoms with Gasteiger partial charge in [-0.05, 0) is 31.7 Å². The standard InChI is InChI=1S/C18H26N4O3/c1-3-20-7-9-21(10-8-20)17(23)14-5-6-16-15(13-14)19-18(24)22(16)11-12-25-4-2/h5-6,13H,3-4,7-12H2,1-2H3,(H,19,24). The first kappa shape index (κ1) is 17.7. The van der Waals surface area contributed by atoms with Gasteiger partial charge in [-0.15, -0.1) is 0 Å². The highest BCUT2D eigenvalue weighted by Gasteiger charge is 2.22. The van der Waals surface area contributed by atoms with Crippen molar-refractivity contribution in [1.82, 2.24) is 19.4 Å². The maximum Gasteiger partial charge on any atom is 0.326 e. The monoisotopic (exact) mass is 346 g/mol. The summed E-state index contributed by atoms with van der Waals surface area (Å²) in [5.41, 5.74) is 1.95. The van der Waals surface area contributed by atoms with Crippen molar-refractivity contribution in [2.45, 2.75) is 20.4 Å². The highest BCUT2D eigenvalue weighted by molar-refractivity contribution is 5.97. The summed E-state index contributed by atoms with van der Waals surface area (Å²) in [6.07, 6.45) is 0. The highest BCUT2D eigenvalue weighted by atomic mass is 16.5. The zero-order chi connectivity index (χ0) is 17.8. The number of hydrogen-bond donors (Lipinski definition) is 1. The zero-order valence-corrected chi connectivity index (χ0v) is 15.0. The minimum absolute atomic E-state index is 0.0283. The number of ether oxygens (including phenoxy) is 1. The second-order valence-corrected chi connectivity index (χ2v) is 6.24. The number of H-pyrrole nitrogens is 1. The predicted octanol–water partition coefficient (Wildman–Crippen LogP) is 1.14. The molecule has 1 amide bonds. The summed E-state index contributed by atoms with van der Waals surface area (Å²) < 4.78 is 6.98. The van der Waals surface area contributed by atoms with Crippen molar-refractivity contribution in [3.05, 3.63) is 34.2 Å². The maximum atomic E-state index is 12.7. The molecule has 1 aromatic carbocycles. The van der Waals surface area contributed by atoms with Crippen LogP contribution in [0.15, 0.2) is 23.0 Å². The lowest BCUT2D eigenvalue weighted by molar-refractivity contribution is 0.0643. The third-order valence-corrected chi connectivity index (χ3v) is 4.79. The van der Waals surface area contributed by atoms with Crippen molar-refractivity contribution >= 4 is 16.9 Å². The molecule has 136 valence electrons. The molecule has 1 fully saturated rings. The average molecular weight is 346 g/mol. The van der Waals surface area contributed by atoms with E-state index in [0.29, 0.717) is 30.8 Å². The Labute approximate surface area is 147 Å². The summed E-state index contributed by atoms with van der Waals surface area (Å²) >= 11 is 0. The normalized spacial score (nSPS) is 15.8. The summed E-state index contributed by atoms with van der Waals surface area (Å²) in [6.45, 7) is 10.0. The second-order valence-electron chi connectivity index (χ2n) is 6.24. The van der Waals surface area contributed by atoms with Crippen LogP contribution in [0.4, 0.5) is 0 Å². The topological polar surface area (TPSA) is 70.6 Å². The van der Waals surface area contributed by atoms with E-state index in [4.69, 9.17) is 4.74 Å². The predicted molar refractivity (Wildman–Crippen MR) is 97.1 cm³/mol.